The maximum Gasteiger partial charge on any atom is 0.255 e. The zero-order valence-electron chi connectivity index (χ0n) is 17.2. The van der Waals surface area contributed by atoms with Crippen LogP contribution in [0.2, 0.25) is 0 Å². The third-order valence-corrected chi connectivity index (χ3v) is 6.19. The number of furan rings is 1. The SMILES string of the molecule is Cc1oc2c(c1C(=O)NC[C@@H](c1ccccc1)N1CCCCCC1)C(=O)CCC2. The van der Waals surface area contributed by atoms with Crippen molar-refractivity contribution in [3.05, 3.63) is 58.5 Å². The number of carbonyl (C=O) groups is 2. The number of hydrogen-bond acceptors (Lipinski definition) is 4. The van der Waals surface area contributed by atoms with Crippen molar-refractivity contribution in [2.24, 2.45) is 0 Å². The Morgan fingerprint density at radius 1 is 1.07 bits per heavy atom. The topological polar surface area (TPSA) is 62.6 Å². The summed E-state index contributed by atoms with van der Waals surface area (Å²) in [4.78, 5) is 28.0. The fraction of sp³-hybridized carbons (Fsp3) is 0.500. The number of rotatable bonds is 5. The van der Waals surface area contributed by atoms with Crippen LogP contribution in [0.25, 0.3) is 0 Å². The lowest BCUT2D eigenvalue weighted by Crippen LogP contribution is -2.39. The van der Waals surface area contributed by atoms with E-state index in [9.17, 15) is 9.59 Å². The molecule has 1 atom stereocenters. The average molecular weight is 395 g/mol. The van der Waals surface area contributed by atoms with Gasteiger partial charge < -0.3 is 9.73 Å². The first-order valence-corrected chi connectivity index (χ1v) is 10.9. The molecule has 154 valence electrons. The molecule has 0 bridgehead atoms. The normalized spacial score (nSPS) is 18.7. The van der Waals surface area contributed by atoms with Crippen LogP contribution < -0.4 is 5.32 Å². The number of ketones is 1. The van der Waals surface area contributed by atoms with E-state index >= 15 is 0 Å². The molecule has 1 N–H and O–H groups in total. The van der Waals surface area contributed by atoms with Gasteiger partial charge >= 0.3 is 0 Å². The minimum absolute atomic E-state index is 0.0281. The van der Waals surface area contributed by atoms with Gasteiger partial charge in [-0.2, -0.15) is 0 Å². The van der Waals surface area contributed by atoms with Crippen LogP contribution in [0, 0.1) is 6.92 Å². The van der Waals surface area contributed by atoms with Crippen LogP contribution in [0.1, 0.15) is 82.4 Å². The highest BCUT2D eigenvalue weighted by Crippen LogP contribution is 2.30. The van der Waals surface area contributed by atoms with Gasteiger partial charge in [-0.25, -0.2) is 0 Å². The molecule has 2 heterocycles. The van der Waals surface area contributed by atoms with E-state index in [-0.39, 0.29) is 17.7 Å². The Morgan fingerprint density at radius 2 is 1.79 bits per heavy atom. The number of Topliss-reactive ketones (excluding diaryl/α,β-unsaturated/α-hetero) is 1. The fourth-order valence-electron chi connectivity index (χ4n) is 4.70. The van der Waals surface area contributed by atoms with Gasteiger partial charge in [-0.05, 0) is 44.8 Å². The Hall–Kier alpha value is -2.40. The molecule has 1 aliphatic heterocycles. The van der Waals surface area contributed by atoms with E-state index < -0.39 is 0 Å². The molecule has 2 aliphatic rings. The first-order valence-electron chi connectivity index (χ1n) is 10.9. The van der Waals surface area contributed by atoms with Gasteiger partial charge in [0.25, 0.3) is 5.91 Å². The Kier molecular flexibility index (Phi) is 6.14. The Morgan fingerprint density at radius 3 is 2.52 bits per heavy atom. The molecule has 1 aromatic carbocycles. The minimum atomic E-state index is -0.196. The van der Waals surface area contributed by atoms with Gasteiger partial charge in [-0.3, -0.25) is 14.5 Å². The average Bonchev–Trinajstić information content (AvgIpc) is 2.89. The Balaban J connectivity index is 1.54. The van der Waals surface area contributed by atoms with E-state index in [2.05, 4.69) is 34.5 Å². The molecule has 0 saturated carbocycles. The van der Waals surface area contributed by atoms with E-state index in [0.717, 1.165) is 25.9 Å². The third kappa shape index (κ3) is 4.30. The number of hydrogen-bond donors (Lipinski definition) is 1. The van der Waals surface area contributed by atoms with Crippen LogP contribution in [0.15, 0.2) is 34.7 Å². The van der Waals surface area contributed by atoms with E-state index in [1.54, 1.807) is 6.92 Å². The molecule has 1 aromatic heterocycles. The maximum atomic E-state index is 13.1. The fourth-order valence-corrected chi connectivity index (χ4v) is 4.70. The summed E-state index contributed by atoms with van der Waals surface area (Å²) in [5.41, 5.74) is 2.17. The molecular formula is C24H30N2O3. The van der Waals surface area contributed by atoms with E-state index in [1.807, 2.05) is 6.07 Å². The number of nitrogens with zero attached hydrogens (tertiary/aromatic N) is 1. The molecule has 1 amide bonds. The quantitative estimate of drug-likeness (QED) is 0.814. The second kappa shape index (κ2) is 8.95. The maximum absolute atomic E-state index is 13.1. The van der Waals surface area contributed by atoms with Gasteiger partial charge in [0.2, 0.25) is 0 Å². The molecule has 5 heteroatoms. The van der Waals surface area contributed by atoms with Crippen molar-refractivity contribution in [2.45, 2.75) is 57.9 Å². The molecule has 0 spiro atoms. The molecule has 1 aliphatic carbocycles. The smallest absolute Gasteiger partial charge is 0.255 e. The van der Waals surface area contributed by atoms with Gasteiger partial charge in [0.05, 0.1) is 17.2 Å². The lowest BCUT2D eigenvalue weighted by Gasteiger charge is -2.31. The summed E-state index contributed by atoms with van der Waals surface area (Å²) in [6.45, 7) is 4.41. The summed E-state index contributed by atoms with van der Waals surface area (Å²) < 4.78 is 5.76. The van der Waals surface area contributed by atoms with E-state index in [1.165, 1.54) is 31.2 Å². The number of likely N-dealkylation sites (tertiary alicyclic amines) is 1. The van der Waals surface area contributed by atoms with Crippen molar-refractivity contribution in [1.29, 1.82) is 0 Å². The van der Waals surface area contributed by atoms with Crippen molar-refractivity contribution in [2.75, 3.05) is 19.6 Å². The van der Waals surface area contributed by atoms with Crippen LogP contribution in [-0.4, -0.2) is 36.2 Å². The molecule has 5 nitrogen and oxygen atoms in total. The number of benzene rings is 1. The number of nitrogens with one attached hydrogen (secondary N) is 1. The molecule has 2 aromatic rings. The number of fused-ring (bicyclic) bond motifs is 1. The third-order valence-electron chi connectivity index (χ3n) is 6.19. The Bertz CT molecular complexity index is 864. The molecule has 29 heavy (non-hydrogen) atoms. The zero-order chi connectivity index (χ0) is 20.2. The summed E-state index contributed by atoms with van der Waals surface area (Å²) in [5.74, 6) is 1.06. The molecule has 1 saturated heterocycles. The first-order chi connectivity index (χ1) is 14.1. The molecule has 1 fully saturated rings. The van der Waals surface area contributed by atoms with Crippen LogP contribution in [0.3, 0.4) is 0 Å². The van der Waals surface area contributed by atoms with Crippen LogP contribution in [-0.2, 0) is 6.42 Å². The number of amides is 1. The monoisotopic (exact) mass is 394 g/mol. The predicted molar refractivity (Wildman–Crippen MR) is 112 cm³/mol. The second-order valence-corrected chi connectivity index (χ2v) is 8.19. The lowest BCUT2D eigenvalue weighted by atomic mass is 9.93. The molecule has 0 radical (unpaired) electrons. The van der Waals surface area contributed by atoms with Gasteiger partial charge in [0.1, 0.15) is 11.5 Å². The second-order valence-electron chi connectivity index (χ2n) is 8.19. The van der Waals surface area contributed by atoms with Crippen LogP contribution >= 0.6 is 0 Å². The highest BCUT2D eigenvalue weighted by molar-refractivity contribution is 6.10. The summed E-state index contributed by atoms with van der Waals surface area (Å²) in [5, 5.41) is 3.12. The largest absolute Gasteiger partial charge is 0.465 e. The summed E-state index contributed by atoms with van der Waals surface area (Å²) >= 11 is 0. The summed E-state index contributed by atoms with van der Waals surface area (Å²) in [7, 11) is 0. The first kappa shape index (κ1) is 19.9. The zero-order valence-corrected chi connectivity index (χ0v) is 17.2. The van der Waals surface area contributed by atoms with E-state index in [0.29, 0.717) is 35.6 Å². The number of aryl methyl sites for hydroxylation is 2. The summed E-state index contributed by atoms with van der Waals surface area (Å²) in [6.07, 6.45) is 6.95. The molecular weight excluding hydrogens is 364 g/mol. The van der Waals surface area contributed by atoms with Gasteiger partial charge in [0.15, 0.2) is 5.78 Å². The number of carbonyl (C=O) groups excluding carboxylic acids is 2. The lowest BCUT2D eigenvalue weighted by molar-refractivity contribution is 0.0913. The van der Waals surface area contributed by atoms with Crippen LogP contribution in [0.4, 0.5) is 0 Å². The van der Waals surface area contributed by atoms with E-state index in [4.69, 9.17) is 4.42 Å². The highest BCUT2D eigenvalue weighted by Gasteiger charge is 2.31. The molecule has 0 unspecified atom stereocenters. The minimum Gasteiger partial charge on any atom is -0.465 e. The summed E-state index contributed by atoms with van der Waals surface area (Å²) in [6, 6.07) is 10.5. The van der Waals surface area contributed by atoms with Crippen molar-refractivity contribution in [3.8, 4) is 0 Å². The van der Waals surface area contributed by atoms with Crippen molar-refractivity contribution < 1.29 is 14.0 Å². The highest BCUT2D eigenvalue weighted by atomic mass is 16.3. The van der Waals surface area contributed by atoms with Crippen molar-refractivity contribution in [3.63, 3.8) is 0 Å². The van der Waals surface area contributed by atoms with Crippen molar-refractivity contribution in [1.82, 2.24) is 10.2 Å². The Labute approximate surface area is 172 Å². The van der Waals surface area contributed by atoms with Crippen molar-refractivity contribution >= 4 is 11.7 Å². The standard InChI is InChI=1S/C24H30N2O3/c1-17-22(23-20(27)12-9-13-21(23)29-17)24(28)25-16-19(18-10-5-4-6-11-18)26-14-7-2-3-8-15-26/h4-6,10-11,19H,2-3,7-9,12-16H2,1H3,(H,25,28)/t19-/m0/s1. The van der Waals surface area contributed by atoms with Gasteiger partial charge in [-0.15, -0.1) is 0 Å². The predicted octanol–water partition coefficient (Wildman–Crippen LogP) is 4.45. The van der Waals surface area contributed by atoms with Gasteiger partial charge in [0, 0.05) is 19.4 Å². The van der Waals surface area contributed by atoms with Gasteiger partial charge in [-0.1, -0.05) is 43.2 Å². The molecule has 4 rings (SSSR count). The van der Waals surface area contributed by atoms with Crippen LogP contribution in [0.5, 0.6) is 0 Å².